The Hall–Kier alpha value is -2.64. The number of nitrogens with zero attached hydrogens (tertiary/aromatic N) is 4. The lowest BCUT2D eigenvalue weighted by molar-refractivity contribution is 0.211. The summed E-state index contributed by atoms with van der Waals surface area (Å²) in [7, 11) is 1.98. The highest BCUT2D eigenvalue weighted by molar-refractivity contribution is 7.98. The zero-order chi connectivity index (χ0) is 22.7. The fraction of sp³-hybridized carbons (Fsp3) is 0.320. The van der Waals surface area contributed by atoms with Gasteiger partial charge in [-0.3, -0.25) is 0 Å². The fourth-order valence-corrected chi connectivity index (χ4v) is 5.15. The van der Waals surface area contributed by atoms with Crippen LogP contribution in [0.4, 0.5) is 0 Å². The van der Waals surface area contributed by atoms with Crippen molar-refractivity contribution in [2.24, 2.45) is 7.05 Å². The number of hydrogen-bond acceptors (Lipinski definition) is 6. The van der Waals surface area contributed by atoms with E-state index in [9.17, 15) is 0 Å². The van der Waals surface area contributed by atoms with Crippen LogP contribution in [-0.2, 0) is 12.8 Å². The van der Waals surface area contributed by atoms with Crippen LogP contribution in [0.5, 0.6) is 5.75 Å². The number of ether oxygens (including phenoxy) is 1. The Bertz CT molecular complexity index is 1180. The second-order valence-corrected chi connectivity index (χ2v) is 9.99. The Balaban J connectivity index is 1.38. The molecule has 0 aliphatic rings. The van der Waals surface area contributed by atoms with Crippen molar-refractivity contribution in [1.82, 2.24) is 19.7 Å². The Morgan fingerprint density at radius 2 is 1.84 bits per heavy atom. The van der Waals surface area contributed by atoms with Gasteiger partial charge >= 0.3 is 0 Å². The Labute approximate surface area is 197 Å². The third kappa shape index (κ3) is 5.22. The molecule has 2 aromatic heterocycles. The van der Waals surface area contributed by atoms with Crippen LogP contribution in [0.1, 0.15) is 55.4 Å². The molecule has 0 aliphatic heterocycles. The standard InChI is InChI=1S/C25H28N4OS2/c1-16(2)19-9-11-22(12-10-19)30-18(4)23-27-28-25(29(23)5)32-15-21-14-31-24(26-21)20-8-6-7-17(3)13-20/h6-14,16,18H,15H2,1-5H3. The fourth-order valence-electron chi connectivity index (χ4n) is 3.42. The zero-order valence-electron chi connectivity index (χ0n) is 19.1. The highest BCUT2D eigenvalue weighted by Crippen LogP contribution is 2.29. The maximum atomic E-state index is 6.11. The lowest BCUT2D eigenvalue weighted by Crippen LogP contribution is -2.10. The minimum Gasteiger partial charge on any atom is -0.483 e. The van der Waals surface area contributed by atoms with E-state index in [-0.39, 0.29) is 6.10 Å². The number of hydrogen-bond donors (Lipinski definition) is 0. The third-order valence-electron chi connectivity index (χ3n) is 5.26. The van der Waals surface area contributed by atoms with Crippen LogP contribution >= 0.6 is 23.1 Å². The summed E-state index contributed by atoms with van der Waals surface area (Å²) in [5.41, 5.74) is 4.76. The Kier molecular flexibility index (Phi) is 6.96. The smallest absolute Gasteiger partial charge is 0.191 e. The molecule has 4 aromatic rings. The molecular weight excluding hydrogens is 436 g/mol. The first-order valence-electron chi connectivity index (χ1n) is 10.7. The van der Waals surface area contributed by atoms with Gasteiger partial charge in [-0.15, -0.1) is 21.5 Å². The van der Waals surface area contributed by atoms with Crippen molar-refractivity contribution in [3.05, 3.63) is 76.6 Å². The average molecular weight is 465 g/mol. The summed E-state index contributed by atoms with van der Waals surface area (Å²) in [6.07, 6.45) is -0.195. The molecule has 4 rings (SSSR count). The summed E-state index contributed by atoms with van der Waals surface area (Å²) < 4.78 is 8.12. The van der Waals surface area contributed by atoms with Crippen LogP contribution in [0.25, 0.3) is 10.6 Å². The van der Waals surface area contributed by atoms with Gasteiger partial charge in [-0.05, 0) is 43.5 Å². The van der Waals surface area contributed by atoms with Crippen LogP contribution in [0.3, 0.4) is 0 Å². The third-order valence-corrected chi connectivity index (χ3v) is 7.25. The van der Waals surface area contributed by atoms with Crippen LogP contribution in [0.2, 0.25) is 0 Å². The highest BCUT2D eigenvalue weighted by atomic mass is 32.2. The first-order valence-corrected chi connectivity index (χ1v) is 12.6. The molecule has 166 valence electrons. The van der Waals surface area contributed by atoms with Crippen molar-refractivity contribution in [2.75, 3.05) is 0 Å². The molecule has 0 N–H and O–H groups in total. The van der Waals surface area contributed by atoms with Gasteiger partial charge in [0.15, 0.2) is 17.1 Å². The summed E-state index contributed by atoms with van der Waals surface area (Å²) in [5.74, 6) is 2.90. The molecule has 0 saturated carbocycles. The second-order valence-electron chi connectivity index (χ2n) is 8.19. The molecule has 2 aromatic carbocycles. The number of thiazole rings is 1. The van der Waals surface area contributed by atoms with Crippen molar-refractivity contribution in [1.29, 1.82) is 0 Å². The van der Waals surface area contributed by atoms with E-state index in [0.29, 0.717) is 5.92 Å². The quantitative estimate of drug-likeness (QED) is 0.268. The van der Waals surface area contributed by atoms with E-state index in [1.165, 1.54) is 16.7 Å². The predicted octanol–water partition coefficient (Wildman–Crippen LogP) is 6.80. The van der Waals surface area contributed by atoms with Crippen LogP contribution < -0.4 is 4.74 Å². The first kappa shape index (κ1) is 22.6. The van der Waals surface area contributed by atoms with E-state index in [0.717, 1.165) is 33.2 Å². The first-order chi connectivity index (χ1) is 15.4. The normalized spacial score (nSPS) is 12.3. The van der Waals surface area contributed by atoms with Crippen LogP contribution in [0, 0.1) is 6.92 Å². The number of thioether (sulfide) groups is 1. The summed E-state index contributed by atoms with van der Waals surface area (Å²) in [5, 5.41) is 12.8. The van der Waals surface area contributed by atoms with E-state index < -0.39 is 0 Å². The van der Waals surface area contributed by atoms with E-state index in [1.54, 1.807) is 23.1 Å². The minimum absolute atomic E-state index is 0.195. The van der Waals surface area contributed by atoms with Gasteiger partial charge in [0.1, 0.15) is 10.8 Å². The molecule has 2 heterocycles. The molecule has 1 atom stereocenters. The van der Waals surface area contributed by atoms with Crippen molar-refractivity contribution in [2.45, 2.75) is 50.6 Å². The maximum Gasteiger partial charge on any atom is 0.191 e. The van der Waals surface area contributed by atoms with Gasteiger partial charge in [-0.2, -0.15) is 0 Å². The number of aromatic nitrogens is 4. The molecule has 0 saturated heterocycles. The summed E-state index contributed by atoms with van der Waals surface area (Å²) in [6, 6.07) is 16.7. The lowest BCUT2D eigenvalue weighted by Gasteiger charge is -2.15. The van der Waals surface area contributed by atoms with E-state index in [4.69, 9.17) is 9.72 Å². The number of benzene rings is 2. The molecular formula is C25H28N4OS2. The van der Waals surface area contributed by atoms with Gasteiger partial charge in [0.2, 0.25) is 0 Å². The van der Waals surface area contributed by atoms with E-state index in [2.05, 4.69) is 72.7 Å². The molecule has 0 bridgehead atoms. The minimum atomic E-state index is -0.195. The van der Waals surface area contributed by atoms with Gasteiger partial charge in [0.25, 0.3) is 0 Å². The Morgan fingerprint density at radius 3 is 2.56 bits per heavy atom. The topological polar surface area (TPSA) is 52.8 Å². The predicted molar refractivity (Wildman–Crippen MR) is 132 cm³/mol. The summed E-state index contributed by atoms with van der Waals surface area (Å²) in [6.45, 7) is 8.48. The lowest BCUT2D eigenvalue weighted by atomic mass is 10.0. The van der Waals surface area contributed by atoms with Gasteiger partial charge < -0.3 is 9.30 Å². The van der Waals surface area contributed by atoms with Gasteiger partial charge in [0.05, 0.1) is 5.69 Å². The molecule has 0 fully saturated rings. The zero-order valence-corrected chi connectivity index (χ0v) is 20.7. The van der Waals surface area contributed by atoms with Crippen molar-refractivity contribution in [3.63, 3.8) is 0 Å². The average Bonchev–Trinajstić information content (AvgIpc) is 3.39. The summed E-state index contributed by atoms with van der Waals surface area (Å²) in [4.78, 5) is 4.80. The monoisotopic (exact) mass is 464 g/mol. The van der Waals surface area contributed by atoms with Gasteiger partial charge in [0, 0.05) is 23.7 Å². The number of rotatable bonds is 8. The molecule has 0 aliphatic carbocycles. The van der Waals surface area contributed by atoms with E-state index in [1.807, 2.05) is 30.7 Å². The SMILES string of the molecule is Cc1cccc(-c2nc(CSc3nnc(C(C)Oc4ccc(C(C)C)cc4)n3C)cs2)c1. The molecule has 7 heteroatoms. The van der Waals surface area contributed by atoms with Crippen molar-refractivity contribution < 1.29 is 4.74 Å². The van der Waals surface area contributed by atoms with Gasteiger partial charge in [-0.25, -0.2) is 4.98 Å². The highest BCUT2D eigenvalue weighted by Gasteiger charge is 2.18. The molecule has 0 amide bonds. The second kappa shape index (κ2) is 9.88. The molecule has 0 radical (unpaired) electrons. The van der Waals surface area contributed by atoms with Crippen molar-refractivity contribution >= 4 is 23.1 Å². The van der Waals surface area contributed by atoms with E-state index >= 15 is 0 Å². The molecule has 0 spiro atoms. The Morgan fingerprint density at radius 1 is 1.06 bits per heavy atom. The molecule has 5 nitrogen and oxygen atoms in total. The van der Waals surface area contributed by atoms with Crippen LogP contribution in [0.15, 0.2) is 59.1 Å². The maximum absolute atomic E-state index is 6.11. The van der Waals surface area contributed by atoms with Crippen molar-refractivity contribution in [3.8, 4) is 16.3 Å². The number of aryl methyl sites for hydroxylation is 1. The largest absolute Gasteiger partial charge is 0.483 e. The summed E-state index contributed by atoms with van der Waals surface area (Å²) >= 11 is 3.32. The van der Waals surface area contributed by atoms with Gasteiger partial charge in [-0.1, -0.05) is 61.5 Å². The molecule has 1 unspecified atom stereocenters. The van der Waals surface area contributed by atoms with Crippen LogP contribution in [-0.4, -0.2) is 19.7 Å². The molecule has 32 heavy (non-hydrogen) atoms.